The summed E-state index contributed by atoms with van der Waals surface area (Å²) in [4.78, 5) is 26.1. The summed E-state index contributed by atoms with van der Waals surface area (Å²) < 4.78 is 13.9. The first-order valence-electron chi connectivity index (χ1n) is 3.96. The normalized spacial score (nSPS) is 10.5. The summed E-state index contributed by atoms with van der Waals surface area (Å²) in [6, 6.07) is 2.50. The van der Waals surface area contributed by atoms with Crippen molar-refractivity contribution >= 4 is 27.9 Å². The summed E-state index contributed by atoms with van der Waals surface area (Å²) in [5.41, 5.74) is -0.278. The molecular formula is C9H4BrFN2O2. The molecule has 2 rings (SSSR count). The summed E-state index contributed by atoms with van der Waals surface area (Å²) in [5, 5.41) is 0. The molecule has 15 heavy (non-hydrogen) atoms. The van der Waals surface area contributed by atoms with Gasteiger partial charge >= 0.3 is 0 Å². The van der Waals surface area contributed by atoms with Crippen molar-refractivity contribution in [1.82, 2.24) is 9.38 Å². The van der Waals surface area contributed by atoms with E-state index in [9.17, 15) is 14.0 Å². The van der Waals surface area contributed by atoms with Gasteiger partial charge in [-0.15, -0.1) is 0 Å². The van der Waals surface area contributed by atoms with Crippen LogP contribution in [0.3, 0.4) is 0 Å². The molecule has 0 fully saturated rings. The molecule has 0 aliphatic rings. The van der Waals surface area contributed by atoms with E-state index in [1.54, 1.807) is 0 Å². The molecule has 6 heteroatoms. The van der Waals surface area contributed by atoms with Crippen LogP contribution in [-0.2, 0) is 0 Å². The highest BCUT2D eigenvalue weighted by Crippen LogP contribution is 2.09. The van der Waals surface area contributed by atoms with Gasteiger partial charge in [0.05, 0.1) is 0 Å². The minimum atomic E-state index is -0.544. The number of hydrogen-bond donors (Lipinski definition) is 0. The summed E-state index contributed by atoms with van der Waals surface area (Å²) in [7, 11) is 0. The molecule has 0 aliphatic heterocycles. The molecule has 0 aromatic carbocycles. The molecule has 2 aromatic heterocycles. The maximum absolute atomic E-state index is 12.9. The number of fused-ring (bicyclic) bond motifs is 1. The first-order valence-corrected chi connectivity index (χ1v) is 4.75. The Kier molecular flexibility index (Phi) is 2.36. The standard InChI is InChI=1S/C9H4BrFN2O2/c10-8-6(4-14)12-7-2-1-5(11)3-13(7)9(8)15/h1-4H. The molecule has 0 radical (unpaired) electrons. The molecule has 0 amide bonds. The minimum absolute atomic E-state index is 0.00612. The van der Waals surface area contributed by atoms with Crippen LogP contribution >= 0.6 is 15.9 Å². The van der Waals surface area contributed by atoms with Crippen molar-refractivity contribution in [2.75, 3.05) is 0 Å². The fourth-order valence-corrected chi connectivity index (χ4v) is 1.56. The molecule has 0 atom stereocenters. The second-order valence-corrected chi connectivity index (χ2v) is 3.60. The number of pyridine rings is 1. The van der Waals surface area contributed by atoms with Gasteiger partial charge in [-0.25, -0.2) is 9.37 Å². The Balaban J connectivity index is 2.97. The Morgan fingerprint density at radius 2 is 2.20 bits per heavy atom. The van der Waals surface area contributed by atoms with Gasteiger partial charge in [-0.3, -0.25) is 14.0 Å². The van der Waals surface area contributed by atoms with E-state index < -0.39 is 11.4 Å². The van der Waals surface area contributed by atoms with Gasteiger partial charge in [0.15, 0.2) is 6.29 Å². The highest BCUT2D eigenvalue weighted by molar-refractivity contribution is 9.10. The number of aldehydes is 1. The number of rotatable bonds is 1. The molecular weight excluding hydrogens is 267 g/mol. The molecule has 0 bridgehead atoms. The molecule has 0 saturated carbocycles. The van der Waals surface area contributed by atoms with E-state index in [0.717, 1.165) is 10.6 Å². The van der Waals surface area contributed by atoms with E-state index >= 15 is 0 Å². The van der Waals surface area contributed by atoms with Crippen molar-refractivity contribution in [3.63, 3.8) is 0 Å². The smallest absolute Gasteiger partial charge is 0.273 e. The highest BCUT2D eigenvalue weighted by atomic mass is 79.9. The van der Waals surface area contributed by atoms with Crippen LogP contribution in [0.15, 0.2) is 27.6 Å². The highest BCUT2D eigenvalue weighted by Gasteiger charge is 2.09. The van der Waals surface area contributed by atoms with Crippen LogP contribution in [0.25, 0.3) is 5.65 Å². The van der Waals surface area contributed by atoms with Crippen LogP contribution in [0.1, 0.15) is 10.5 Å². The number of carbonyl (C=O) groups is 1. The molecule has 0 unspecified atom stereocenters. The lowest BCUT2D eigenvalue weighted by molar-refractivity contribution is 0.111. The van der Waals surface area contributed by atoms with Gasteiger partial charge in [0.25, 0.3) is 5.56 Å². The van der Waals surface area contributed by atoms with E-state index in [1.807, 2.05) is 0 Å². The number of nitrogens with zero attached hydrogens (tertiary/aromatic N) is 2. The van der Waals surface area contributed by atoms with E-state index in [0.29, 0.717) is 6.29 Å². The van der Waals surface area contributed by atoms with E-state index in [-0.39, 0.29) is 15.8 Å². The van der Waals surface area contributed by atoms with Crippen molar-refractivity contribution in [3.8, 4) is 0 Å². The number of halogens is 2. The molecule has 0 saturated heterocycles. The van der Waals surface area contributed by atoms with Gasteiger partial charge in [-0.1, -0.05) is 0 Å². The number of hydrogen-bond acceptors (Lipinski definition) is 3. The van der Waals surface area contributed by atoms with Crippen molar-refractivity contribution < 1.29 is 9.18 Å². The minimum Gasteiger partial charge on any atom is -0.296 e. The molecule has 0 aliphatic carbocycles. The maximum atomic E-state index is 12.9. The lowest BCUT2D eigenvalue weighted by Crippen LogP contribution is -2.18. The number of aromatic nitrogens is 2. The van der Waals surface area contributed by atoms with E-state index in [4.69, 9.17) is 0 Å². The van der Waals surface area contributed by atoms with Crippen LogP contribution in [0, 0.1) is 5.82 Å². The monoisotopic (exact) mass is 270 g/mol. The van der Waals surface area contributed by atoms with Crippen molar-refractivity contribution in [2.45, 2.75) is 0 Å². The van der Waals surface area contributed by atoms with Crippen LogP contribution < -0.4 is 5.56 Å². The van der Waals surface area contributed by atoms with Gasteiger partial charge in [0, 0.05) is 6.20 Å². The molecule has 2 aromatic rings. The van der Waals surface area contributed by atoms with Crippen molar-refractivity contribution in [3.05, 3.63) is 44.7 Å². The van der Waals surface area contributed by atoms with Crippen LogP contribution in [-0.4, -0.2) is 15.7 Å². The Labute approximate surface area is 91.5 Å². The van der Waals surface area contributed by atoms with Gasteiger partial charge in [0.1, 0.15) is 21.6 Å². The van der Waals surface area contributed by atoms with Crippen molar-refractivity contribution in [2.24, 2.45) is 0 Å². The largest absolute Gasteiger partial charge is 0.296 e. The molecule has 2 heterocycles. The number of carbonyl (C=O) groups excluding carboxylic acids is 1. The fourth-order valence-electron chi connectivity index (χ4n) is 1.19. The Bertz CT molecular complexity index is 609. The fraction of sp³-hybridized carbons (Fsp3) is 0. The summed E-state index contributed by atoms with van der Waals surface area (Å²) in [6.45, 7) is 0. The lowest BCUT2D eigenvalue weighted by Gasteiger charge is -2.02. The summed E-state index contributed by atoms with van der Waals surface area (Å²) in [5.74, 6) is -0.544. The zero-order valence-corrected chi connectivity index (χ0v) is 8.86. The predicted molar refractivity (Wildman–Crippen MR) is 54.5 cm³/mol. The SMILES string of the molecule is O=Cc1nc2ccc(F)cn2c(=O)c1Br. The Morgan fingerprint density at radius 1 is 1.47 bits per heavy atom. The van der Waals surface area contributed by atoms with E-state index in [2.05, 4.69) is 20.9 Å². The first-order chi connectivity index (χ1) is 7.13. The Hall–Kier alpha value is -1.56. The van der Waals surface area contributed by atoms with Gasteiger partial charge in [-0.2, -0.15) is 0 Å². The summed E-state index contributed by atoms with van der Waals surface area (Å²) >= 11 is 2.94. The van der Waals surface area contributed by atoms with Gasteiger partial charge in [0.2, 0.25) is 0 Å². The summed E-state index contributed by atoms with van der Waals surface area (Å²) in [6.07, 6.45) is 1.48. The lowest BCUT2D eigenvalue weighted by atomic mass is 10.4. The molecule has 4 nitrogen and oxygen atoms in total. The average molecular weight is 271 g/mol. The third-order valence-corrected chi connectivity index (χ3v) is 2.61. The zero-order chi connectivity index (χ0) is 11.0. The van der Waals surface area contributed by atoms with Gasteiger partial charge < -0.3 is 0 Å². The topological polar surface area (TPSA) is 51.4 Å². The van der Waals surface area contributed by atoms with E-state index in [1.165, 1.54) is 12.1 Å². The van der Waals surface area contributed by atoms with Crippen LogP contribution in [0.4, 0.5) is 4.39 Å². The van der Waals surface area contributed by atoms with Gasteiger partial charge in [-0.05, 0) is 28.1 Å². The molecule has 76 valence electrons. The Morgan fingerprint density at radius 3 is 2.87 bits per heavy atom. The third kappa shape index (κ3) is 1.56. The molecule has 0 spiro atoms. The maximum Gasteiger partial charge on any atom is 0.273 e. The van der Waals surface area contributed by atoms with Crippen molar-refractivity contribution in [1.29, 1.82) is 0 Å². The average Bonchev–Trinajstić information content (AvgIpc) is 2.24. The molecule has 0 N–H and O–H groups in total. The van der Waals surface area contributed by atoms with Crippen LogP contribution in [0.2, 0.25) is 0 Å². The quantitative estimate of drug-likeness (QED) is 0.737. The second kappa shape index (κ2) is 3.54. The second-order valence-electron chi connectivity index (χ2n) is 2.81. The van der Waals surface area contributed by atoms with Crippen LogP contribution in [0.5, 0.6) is 0 Å². The predicted octanol–water partition coefficient (Wildman–Crippen LogP) is 1.41. The third-order valence-electron chi connectivity index (χ3n) is 1.87. The zero-order valence-electron chi connectivity index (χ0n) is 7.28. The first kappa shape index (κ1) is 9.97.